The molecule has 2 N–H and O–H groups in total. The number of aromatic nitrogens is 3. The Morgan fingerprint density at radius 1 is 1.11 bits per heavy atom. The number of thioether (sulfide) groups is 1. The van der Waals surface area contributed by atoms with Gasteiger partial charge in [0, 0.05) is 17.8 Å². The van der Waals surface area contributed by atoms with Crippen molar-refractivity contribution in [2.24, 2.45) is 0 Å². The lowest BCUT2D eigenvalue weighted by Gasteiger charge is -2.07. The lowest BCUT2D eigenvalue weighted by Crippen LogP contribution is -2.23. The van der Waals surface area contributed by atoms with Crippen LogP contribution in [0.1, 0.15) is 17.3 Å². The summed E-state index contributed by atoms with van der Waals surface area (Å²) in [6.07, 6.45) is 1.62. The molecule has 2 amide bonds. The Hall–Kier alpha value is -3.13. The summed E-state index contributed by atoms with van der Waals surface area (Å²) in [6, 6.07) is 16.5. The predicted octanol–water partition coefficient (Wildman–Crippen LogP) is 2.75. The molecule has 0 spiro atoms. The number of anilines is 1. The fraction of sp³-hybridized carbons (Fsp3) is 0.158. The van der Waals surface area contributed by atoms with Gasteiger partial charge in [0.1, 0.15) is 6.33 Å². The van der Waals surface area contributed by atoms with Crippen LogP contribution in [0.25, 0.3) is 5.69 Å². The zero-order chi connectivity index (χ0) is 19.1. The number of amides is 2. The van der Waals surface area contributed by atoms with Gasteiger partial charge >= 0.3 is 0 Å². The van der Waals surface area contributed by atoms with Crippen molar-refractivity contribution in [3.05, 3.63) is 66.5 Å². The molecule has 0 bridgehead atoms. The van der Waals surface area contributed by atoms with E-state index in [1.165, 1.54) is 11.8 Å². The number of para-hydroxylation sites is 1. The van der Waals surface area contributed by atoms with Crippen molar-refractivity contribution >= 4 is 29.3 Å². The molecule has 0 unspecified atom stereocenters. The molecule has 0 aliphatic carbocycles. The molecule has 2 aromatic carbocycles. The van der Waals surface area contributed by atoms with Gasteiger partial charge < -0.3 is 10.6 Å². The van der Waals surface area contributed by atoms with Crippen LogP contribution in [0.15, 0.2) is 66.1 Å². The van der Waals surface area contributed by atoms with E-state index in [1.54, 1.807) is 35.3 Å². The smallest absolute Gasteiger partial charge is 0.251 e. The molecule has 0 aliphatic heterocycles. The molecule has 3 rings (SSSR count). The Labute approximate surface area is 161 Å². The summed E-state index contributed by atoms with van der Waals surface area (Å²) in [5, 5.41) is 10.4. The first-order chi connectivity index (χ1) is 13.2. The molecule has 3 aromatic rings. The maximum absolute atomic E-state index is 12.2. The van der Waals surface area contributed by atoms with E-state index in [-0.39, 0.29) is 17.6 Å². The summed E-state index contributed by atoms with van der Waals surface area (Å²) < 4.78 is 1.66. The summed E-state index contributed by atoms with van der Waals surface area (Å²) in [7, 11) is 0. The van der Waals surface area contributed by atoms with Crippen LogP contribution in [0.3, 0.4) is 0 Å². The molecule has 0 fully saturated rings. The first kappa shape index (κ1) is 18.7. The molecule has 1 aromatic heterocycles. The zero-order valence-electron chi connectivity index (χ0n) is 14.8. The molecular weight excluding hydrogens is 362 g/mol. The van der Waals surface area contributed by atoms with Gasteiger partial charge in [0.15, 0.2) is 0 Å². The monoisotopic (exact) mass is 381 g/mol. The second-order valence-corrected chi connectivity index (χ2v) is 6.53. The fourth-order valence-corrected chi connectivity index (χ4v) is 2.95. The van der Waals surface area contributed by atoms with Crippen LogP contribution >= 0.6 is 11.8 Å². The average molecular weight is 381 g/mol. The van der Waals surface area contributed by atoms with Crippen LogP contribution in [0.2, 0.25) is 0 Å². The van der Waals surface area contributed by atoms with E-state index in [0.29, 0.717) is 23.0 Å². The van der Waals surface area contributed by atoms with E-state index in [2.05, 4.69) is 20.7 Å². The highest BCUT2D eigenvalue weighted by molar-refractivity contribution is 7.99. The van der Waals surface area contributed by atoms with Gasteiger partial charge in [-0.2, -0.15) is 0 Å². The summed E-state index contributed by atoms with van der Waals surface area (Å²) in [5.74, 6) is -0.188. The van der Waals surface area contributed by atoms with E-state index < -0.39 is 0 Å². The normalized spacial score (nSPS) is 10.4. The lowest BCUT2D eigenvalue weighted by atomic mass is 10.2. The van der Waals surface area contributed by atoms with Gasteiger partial charge in [0.25, 0.3) is 5.91 Å². The van der Waals surface area contributed by atoms with Gasteiger partial charge in [0.05, 0.1) is 11.4 Å². The minimum atomic E-state index is -0.191. The van der Waals surface area contributed by atoms with E-state index in [4.69, 9.17) is 0 Å². The molecular formula is C19H19N5O2S. The van der Waals surface area contributed by atoms with Gasteiger partial charge in [-0.3, -0.25) is 9.59 Å². The van der Waals surface area contributed by atoms with Crippen molar-refractivity contribution in [2.75, 3.05) is 17.6 Å². The van der Waals surface area contributed by atoms with Crippen molar-refractivity contribution in [2.45, 2.75) is 12.1 Å². The number of benzene rings is 2. The minimum absolute atomic E-state index is 0.168. The van der Waals surface area contributed by atoms with E-state index >= 15 is 0 Å². The van der Waals surface area contributed by atoms with Crippen LogP contribution in [-0.4, -0.2) is 38.9 Å². The maximum Gasteiger partial charge on any atom is 0.251 e. The Morgan fingerprint density at radius 2 is 1.93 bits per heavy atom. The van der Waals surface area contributed by atoms with Gasteiger partial charge in [-0.1, -0.05) is 36.0 Å². The topological polar surface area (TPSA) is 88.9 Å². The van der Waals surface area contributed by atoms with E-state index in [1.807, 2.05) is 37.3 Å². The highest BCUT2D eigenvalue weighted by Gasteiger charge is 2.10. The third-order valence-electron chi connectivity index (χ3n) is 3.57. The Balaban J connectivity index is 1.55. The predicted molar refractivity (Wildman–Crippen MR) is 105 cm³/mol. The first-order valence-corrected chi connectivity index (χ1v) is 9.42. The van der Waals surface area contributed by atoms with Crippen LogP contribution in [0.4, 0.5) is 5.69 Å². The van der Waals surface area contributed by atoms with Gasteiger partial charge in [-0.25, -0.2) is 9.67 Å². The first-order valence-electron chi connectivity index (χ1n) is 8.43. The van der Waals surface area contributed by atoms with Gasteiger partial charge in [-0.15, -0.1) is 5.10 Å². The summed E-state index contributed by atoms with van der Waals surface area (Å²) in [5.41, 5.74) is 1.99. The number of hydrogen-bond donors (Lipinski definition) is 2. The summed E-state index contributed by atoms with van der Waals surface area (Å²) >= 11 is 1.25. The van der Waals surface area contributed by atoms with Crippen LogP contribution in [-0.2, 0) is 4.79 Å². The largest absolute Gasteiger partial charge is 0.352 e. The molecule has 1 heterocycles. The highest BCUT2D eigenvalue weighted by Crippen LogP contribution is 2.16. The number of nitrogens with one attached hydrogen (secondary N) is 2. The lowest BCUT2D eigenvalue weighted by molar-refractivity contribution is -0.113. The van der Waals surface area contributed by atoms with Gasteiger partial charge in [-0.05, 0) is 37.3 Å². The molecule has 0 radical (unpaired) electrons. The molecule has 0 saturated heterocycles. The minimum Gasteiger partial charge on any atom is -0.352 e. The highest BCUT2D eigenvalue weighted by atomic mass is 32.2. The van der Waals surface area contributed by atoms with Crippen molar-refractivity contribution in [1.29, 1.82) is 0 Å². The number of carbonyl (C=O) groups is 2. The number of nitrogens with zero attached hydrogens (tertiary/aromatic N) is 3. The second-order valence-electron chi connectivity index (χ2n) is 5.58. The SMILES string of the molecule is CCNC(=O)c1cccc(NC(=O)CSc2ncn(-c3ccccc3)n2)c1. The number of hydrogen-bond acceptors (Lipinski definition) is 5. The maximum atomic E-state index is 12.2. The van der Waals surface area contributed by atoms with Gasteiger partial charge in [0.2, 0.25) is 11.1 Å². The zero-order valence-corrected chi connectivity index (χ0v) is 15.6. The number of rotatable bonds is 7. The molecule has 27 heavy (non-hydrogen) atoms. The molecule has 0 saturated carbocycles. The Kier molecular flexibility index (Phi) is 6.22. The third-order valence-corrected chi connectivity index (χ3v) is 4.42. The van der Waals surface area contributed by atoms with E-state index in [0.717, 1.165) is 5.69 Å². The number of carbonyl (C=O) groups excluding carboxylic acids is 2. The fourth-order valence-electron chi connectivity index (χ4n) is 2.35. The third kappa shape index (κ3) is 5.18. The van der Waals surface area contributed by atoms with Crippen LogP contribution in [0.5, 0.6) is 0 Å². The van der Waals surface area contributed by atoms with Crippen molar-refractivity contribution in [1.82, 2.24) is 20.1 Å². The van der Waals surface area contributed by atoms with Crippen molar-refractivity contribution < 1.29 is 9.59 Å². The summed E-state index contributed by atoms with van der Waals surface area (Å²) in [6.45, 7) is 2.41. The Bertz CT molecular complexity index is 927. The second kappa shape index (κ2) is 9.00. The molecule has 7 nitrogen and oxygen atoms in total. The molecule has 0 aliphatic rings. The summed E-state index contributed by atoms with van der Waals surface area (Å²) in [4.78, 5) is 28.3. The van der Waals surface area contributed by atoms with Crippen LogP contribution in [0, 0.1) is 0 Å². The average Bonchev–Trinajstić information content (AvgIpc) is 3.17. The molecule has 8 heteroatoms. The molecule has 0 atom stereocenters. The molecule has 138 valence electrons. The van der Waals surface area contributed by atoms with Crippen molar-refractivity contribution in [3.8, 4) is 5.69 Å². The van der Waals surface area contributed by atoms with Crippen LogP contribution < -0.4 is 10.6 Å². The Morgan fingerprint density at radius 3 is 2.70 bits per heavy atom. The standard InChI is InChI=1S/C19H19N5O2S/c1-2-20-18(26)14-7-6-8-15(11-14)22-17(25)12-27-19-21-13-24(23-19)16-9-4-3-5-10-16/h3-11,13H,2,12H2,1H3,(H,20,26)(H,22,25). The quantitative estimate of drug-likeness (QED) is 0.615. The van der Waals surface area contributed by atoms with Crippen molar-refractivity contribution in [3.63, 3.8) is 0 Å². The van der Waals surface area contributed by atoms with E-state index in [9.17, 15) is 9.59 Å².